The van der Waals surface area contributed by atoms with Gasteiger partial charge in [0.15, 0.2) is 5.82 Å². The molecule has 0 saturated carbocycles. The van der Waals surface area contributed by atoms with E-state index in [4.69, 9.17) is 0 Å². The molecule has 0 fully saturated rings. The van der Waals surface area contributed by atoms with Crippen LogP contribution in [0.1, 0.15) is 32.5 Å². The van der Waals surface area contributed by atoms with Crippen molar-refractivity contribution in [2.45, 2.75) is 33.1 Å². The van der Waals surface area contributed by atoms with Crippen molar-refractivity contribution in [3.05, 3.63) is 5.82 Å². The van der Waals surface area contributed by atoms with Crippen LogP contribution in [-0.2, 0) is 11.2 Å². The minimum Gasteiger partial charge on any atom is -0.301 e. The van der Waals surface area contributed by atoms with E-state index in [0.29, 0.717) is 11.6 Å². The van der Waals surface area contributed by atoms with Crippen LogP contribution in [-0.4, -0.2) is 25.7 Å². The topological polar surface area (TPSA) is 72.2 Å². The summed E-state index contributed by atoms with van der Waals surface area (Å²) >= 11 is 1.33. The van der Waals surface area contributed by atoms with Crippen LogP contribution >= 0.6 is 11.3 Å². The van der Waals surface area contributed by atoms with E-state index in [1.807, 2.05) is 0 Å². The first-order valence-corrected chi connectivity index (χ1v) is 6.07. The van der Waals surface area contributed by atoms with Crippen LogP contribution in [0.25, 0.3) is 4.96 Å². The number of amides is 1. The predicted octanol–water partition coefficient (Wildman–Crippen LogP) is 1.49. The zero-order chi connectivity index (χ0) is 11.5. The number of nitrogens with one attached hydrogen (secondary N) is 1. The van der Waals surface area contributed by atoms with Crippen molar-refractivity contribution in [1.29, 1.82) is 0 Å². The van der Waals surface area contributed by atoms with Crippen LogP contribution in [0.15, 0.2) is 0 Å². The fraction of sp³-hybridized carbons (Fsp3) is 0.556. The third-order valence-electron chi connectivity index (χ3n) is 2.10. The Bertz CT molecular complexity index is 503. The lowest BCUT2D eigenvalue weighted by Crippen LogP contribution is -2.09. The molecule has 0 aromatic carbocycles. The Balaban J connectivity index is 2.26. The number of hydrogen-bond acceptors (Lipinski definition) is 5. The van der Waals surface area contributed by atoms with E-state index in [2.05, 4.69) is 27.5 Å². The SMILES string of the molecule is CCCc1nnc2sc(NC(=O)CC)nn12. The molecular formula is C9H13N5OS. The van der Waals surface area contributed by atoms with E-state index >= 15 is 0 Å². The second kappa shape index (κ2) is 4.56. The Morgan fingerprint density at radius 2 is 2.25 bits per heavy atom. The molecule has 86 valence electrons. The average molecular weight is 239 g/mol. The summed E-state index contributed by atoms with van der Waals surface area (Å²) in [7, 11) is 0. The molecule has 0 radical (unpaired) electrons. The van der Waals surface area contributed by atoms with Gasteiger partial charge in [-0.2, -0.15) is 4.52 Å². The Labute approximate surface area is 96.7 Å². The van der Waals surface area contributed by atoms with Crippen molar-refractivity contribution in [2.75, 3.05) is 5.32 Å². The smallest absolute Gasteiger partial charge is 0.236 e. The van der Waals surface area contributed by atoms with Crippen molar-refractivity contribution in [1.82, 2.24) is 19.8 Å². The number of aryl methyl sites for hydroxylation is 1. The van der Waals surface area contributed by atoms with E-state index in [9.17, 15) is 4.79 Å². The van der Waals surface area contributed by atoms with Gasteiger partial charge >= 0.3 is 0 Å². The molecule has 6 nitrogen and oxygen atoms in total. The van der Waals surface area contributed by atoms with Gasteiger partial charge in [0, 0.05) is 12.8 Å². The molecule has 2 heterocycles. The zero-order valence-corrected chi connectivity index (χ0v) is 10.0. The van der Waals surface area contributed by atoms with Gasteiger partial charge < -0.3 is 5.32 Å². The molecule has 0 aliphatic rings. The van der Waals surface area contributed by atoms with E-state index in [0.717, 1.165) is 23.6 Å². The molecule has 2 rings (SSSR count). The molecule has 0 aliphatic heterocycles. The minimum absolute atomic E-state index is 0.0398. The Morgan fingerprint density at radius 3 is 2.94 bits per heavy atom. The fourth-order valence-corrected chi connectivity index (χ4v) is 2.07. The first kappa shape index (κ1) is 11.0. The molecule has 1 amide bonds. The van der Waals surface area contributed by atoms with Gasteiger partial charge in [0.05, 0.1) is 0 Å². The number of hydrogen-bond donors (Lipinski definition) is 1. The van der Waals surface area contributed by atoms with E-state index in [1.54, 1.807) is 11.4 Å². The van der Waals surface area contributed by atoms with Gasteiger partial charge in [0.2, 0.25) is 16.0 Å². The molecule has 0 bridgehead atoms. The summed E-state index contributed by atoms with van der Waals surface area (Å²) in [5.74, 6) is 0.799. The van der Waals surface area contributed by atoms with Gasteiger partial charge in [-0.25, -0.2) is 0 Å². The molecule has 16 heavy (non-hydrogen) atoms. The molecule has 0 unspecified atom stereocenters. The lowest BCUT2D eigenvalue weighted by Gasteiger charge is -1.95. The largest absolute Gasteiger partial charge is 0.301 e. The zero-order valence-electron chi connectivity index (χ0n) is 9.23. The third kappa shape index (κ3) is 2.04. The summed E-state index contributed by atoms with van der Waals surface area (Å²) < 4.78 is 1.69. The van der Waals surface area contributed by atoms with Crippen LogP contribution in [0.2, 0.25) is 0 Å². The van der Waals surface area contributed by atoms with E-state index < -0.39 is 0 Å². The van der Waals surface area contributed by atoms with E-state index in [1.165, 1.54) is 11.3 Å². The second-order valence-corrected chi connectivity index (χ2v) is 4.33. The number of carbonyl (C=O) groups is 1. The maximum atomic E-state index is 11.2. The van der Waals surface area contributed by atoms with Crippen molar-refractivity contribution in [3.63, 3.8) is 0 Å². The van der Waals surface area contributed by atoms with Gasteiger partial charge in [-0.3, -0.25) is 4.79 Å². The van der Waals surface area contributed by atoms with Crippen LogP contribution in [0.4, 0.5) is 5.13 Å². The lowest BCUT2D eigenvalue weighted by atomic mass is 10.3. The Kier molecular flexibility index (Phi) is 3.14. The van der Waals surface area contributed by atoms with Gasteiger partial charge in [-0.05, 0) is 6.42 Å². The summed E-state index contributed by atoms with van der Waals surface area (Å²) in [5, 5.41) is 15.6. The van der Waals surface area contributed by atoms with Gasteiger partial charge in [0.25, 0.3) is 0 Å². The number of anilines is 1. The molecule has 0 spiro atoms. The summed E-state index contributed by atoms with van der Waals surface area (Å²) in [5.41, 5.74) is 0. The lowest BCUT2D eigenvalue weighted by molar-refractivity contribution is -0.115. The summed E-state index contributed by atoms with van der Waals surface area (Å²) in [6.07, 6.45) is 2.28. The normalized spacial score (nSPS) is 10.9. The minimum atomic E-state index is -0.0398. The molecule has 0 aliphatic carbocycles. The summed E-state index contributed by atoms with van der Waals surface area (Å²) in [4.78, 5) is 11.9. The highest BCUT2D eigenvalue weighted by atomic mass is 32.1. The van der Waals surface area contributed by atoms with Crippen molar-refractivity contribution < 1.29 is 4.79 Å². The highest BCUT2D eigenvalue weighted by Gasteiger charge is 2.11. The molecule has 0 saturated heterocycles. The quantitative estimate of drug-likeness (QED) is 0.877. The first-order valence-electron chi connectivity index (χ1n) is 5.25. The number of fused-ring (bicyclic) bond motifs is 1. The number of aromatic nitrogens is 4. The highest BCUT2D eigenvalue weighted by Crippen LogP contribution is 2.19. The van der Waals surface area contributed by atoms with Crippen LogP contribution in [0, 0.1) is 0 Å². The molecule has 7 heteroatoms. The Morgan fingerprint density at radius 1 is 1.44 bits per heavy atom. The number of carbonyl (C=O) groups excluding carboxylic acids is 1. The van der Waals surface area contributed by atoms with Crippen molar-refractivity contribution in [2.24, 2.45) is 0 Å². The van der Waals surface area contributed by atoms with Crippen LogP contribution in [0.3, 0.4) is 0 Å². The maximum absolute atomic E-state index is 11.2. The summed E-state index contributed by atoms with van der Waals surface area (Å²) in [6.45, 7) is 3.88. The highest BCUT2D eigenvalue weighted by molar-refractivity contribution is 7.20. The average Bonchev–Trinajstić information content (AvgIpc) is 2.80. The molecule has 2 aromatic heterocycles. The van der Waals surface area contributed by atoms with Crippen LogP contribution in [0.5, 0.6) is 0 Å². The van der Waals surface area contributed by atoms with Gasteiger partial charge in [-0.15, -0.1) is 15.3 Å². The first-order chi connectivity index (χ1) is 7.74. The van der Waals surface area contributed by atoms with Crippen molar-refractivity contribution in [3.8, 4) is 0 Å². The molecule has 1 N–H and O–H groups in total. The van der Waals surface area contributed by atoms with Crippen LogP contribution < -0.4 is 5.32 Å². The second-order valence-electron chi connectivity index (χ2n) is 3.37. The summed E-state index contributed by atoms with van der Waals surface area (Å²) in [6, 6.07) is 0. The Hall–Kier alpha value is -1.50. The van der Waals surface area contributed by atoms with Gasteiger partial charge in [0.1, 0.15) is 0 Å². The fourth-order valence-electron chi connectivity index (χ4n) is 1.30. The molecule has 2 aromatic rings. The molecular weight excluding hydrogens is 226 g/mol. The third-order valence-corrected chi connectivity index (χ3v) is 2.91. The standard InChI is InChI=1S/C9H13N5OS/c1-3-5-6-11-12-9-14(6)13-8(16-9)10-7(15)4-2/h3-5H2,1-2H3,(H,10,13,15). The van der Waals surface area contributed by atoms with E-state index in [-0.39, 0.29) is 5.91 Å². The number of nitrogens with zero attached hydrogens (tertiary/aromatic N) is 4. The number of rotatable bonds is 4. The predicted molar refractivity (Wildman–Crippen MR) is 61.6 cm³/mol. The van der Waals surface area contributed by atoms with Crippen molar-refractivity contribution >= 4 is 27.3 Å². The van der Waals surface area contributed by atoms with Gasteiger partial charge in [-0.1, -0.05) is 25.2 Å². The monoisotopic (exact) mass is 239 g/mol. The maximum Gasteiger partial charge on any atom is 0.236 e. The molecule has 0 atom stereocenters.